The highest BCUT2D eigenvalue weighted by Gasteiger charge is 2.35. The van der Waals surface area contributed by atoms with Crippen molar-refractivity contribution in [2.24, 2.45) is 0 Å². The summed E-state index contributed by atoms with van der Waals surface area (Å²) in [6.45, 7) is 3.09. The molecule has 7 nitrogen and oxygen atoms in total. The number of rotatable bonds is 12. The topological polar surface area (TPSA) is 86.8 Å². The second-order valence-corrected chi connectivity index (χ2v) is 10.9. The SMILES string of the molecule is CCNC(=O)C(CC)N(CCc1ccccc1)C(=O)CN(c1cccc(C(F)(F)F)c1)S(=O)(=O)c1ccccc1. The Kier molecular flexibility index (Phi) is 10.3. The first-order valence-electron chi connectivity index (χ1n) is 12.8. The monoisotopic (exact) mass is 575 g/mol. The molecular weight excluding hydrogens is 543 g/mol. The van der Waals surface area contributed by atoms with E-state index in [0.717, 1.165) is 17.7 Å². The summed E-state index contributed by atoms with van der Waals surface area (Å²) in [6, 6.07) is 19.3. The van der Waals surface area contributed by atoms with Crippen LogP contribution in [-0.2, 0) is 32.2 Å². The number of hydrogen-bond donors (Lipinski definition) is 1. The minimum absolute atomic E-state index is 0.0975. The Labute approximate surface area is 232 Å². The number of nitrogens with one attached hydrogen (secondary N) is 1. The number of halogens is 3. The van der Waals surface area contributed by atoms with Gasteiger partial charge in [0.2, 0.25) is 11.8 Å². The molecule has 0 fully saturated rings. The Morgan fingerprint density at radius 2 is 1.52 bits per heavy atom. The highest BCUT2D eigenvalue weighted by Crippen LogP contribution is 2.33. The average Bonchev–Trinajstić information content (AvgIpc) is 2.94. The molecule has 1 atom stereocenters. The van der Waals surface area contributed by atoms with Crippen LogP contribution in [0.25, 0.3) is 0 Å². The van der Waals surface area contributed by atoms with Gasteiger partial charge in [0.15, 0.2) is 0 Å². The van der Waals surface area contributed by atoms with Crippen LogP contribution in [0.5, 0.6) is 0 Å². The van der Waals surface area contributed by atoms with Crippen LogP contribution >= 0.6 is 0 Å². The van der Waals surface area contributed by atoms with Crippen LogP contribution in [0.15, 0.2) is 89.8 Å². The lowest BCUT2D eigenvalue weighted by Crippen LogP contribution is -2.53. The molecule has 11 heteroatoms. The first kappa shape index (κ1) is 30.7. The maximum Gasteiger partial charge on any atom is 0.416 e. The van der Waals surface area contributed by atoms with Crippen molar-refractivity contribution in [2.45, 2.75) is 43.8 Å². The van der Waals surface area contributed by atoms with E-state index in [0.29, 0.717) is 23.3 Å². The Hall–Kier alpha value is -3.86. The number of likely N-dealkylation sites (N-methyl/N-ethyl adjacent to an activating group) is 1. The fraction of sp³-hybridized carbons (Fsp3) is 0.310. The van der Waals surface area contributed by atoms with Crippen molar-refractivity contribution in [2.75, 3.05) is 23.9 Å². The molecule has 2 amide bonds. The lowest BCUT2D eigenvalue weighted by atomic mass is 10.1. The van der Waals surface area contributed by atoms with Gasteiger partial charge in [-0.05, 0) is 55.7 Å². The van der Waals surface area contributed by atoms with E-state index in [2.05, 4.69) is 5.32 Å². The third-order valence-corrected chi connectivity index (χ3v) is 8.08. The maximum atomic E-state index is 13.8. The van der Waals surface area contributed by atoms with E-state index < -0.39 is 46.2 Å². The Balaban J connectivity index is 2.05. The number of benzene rings is 3. The summed E-state index contributed by atoms with van der Waals surface area (Å²) in [5.74, 6) is -1.12. The molecule has 0 aliphatic rings. The van der Waals surface area contributed by atoms with Gasteiger partial charge in [0, 0.05) is 13.1 Å². The van der Waals surface area contributed by atoms with Crippen molar-refractivity contribution < 1.29 is 31.2 Å². The summed E-state index contributed by atoms with van der Waals surface area (Å²) in [5.41, 5.74) is -0.473. The maximum absolute atomic E-state index is 13.8. The molecule has 3 aromatic carbocycles. The molecule has 0 radical (unpaired) electrons. The van der Waals surface area contributed by atoms with Crippen molar-refractivity contribution in [3.05, 3.63) is 96.1 Å². The third-order valence-electron chi connectivity index (χ3n) is 6.29. The third kappa shape index (κ3) is 7.62. The van der Waals surface area contributed by atoms with Crippen LogP contribution < -0.4 is 9.62 Å². The Bertz CT molecular complexity index is 1380. The van der Waals surface area contributed by atoms with Gasteiger partial charge in [0.05, 0.1) is 16.1 Å². The number of sulfonamides is 1. The number of anilines is 1. The van der Waals surface area contributed by atoms with Gasteiger partial charge in [-0.3, -0.25) is 13.9 Å². The van der Waals surface area contributed by atoms with Gasteiger partial charge >= 0.3 is 6.18 Å². The number of carbonyl (C=O) groups excluding carboxylic acids is 2. The molecular formula is C29H32F3N3O4S. The molecule has 1 N–H and O–H groups in total. The zero-order valence-electron chi connectivity index (χ0n) is 22.3. The quantitative estimate of drug-likeness (QED) is 0.333. The smallest absolute Gasteiger partial charge is 0.355 e. The van der Waals surface area contributed by atoms with Crippen molar-refractivity contribution in [3.63, 3.8) is 0 Å². The lowest BCUT2D eigenvalue weighted by Gasteiger charge is -2.33. The number of nitrogens with zero attached hydrogens (tertiary/aromatic N) is 2. The number of carbonyl (C=O) groups is 2. The zero-order chi connectivity index (χ0) is 29.3. The fourth-order valence-electron chi connectivity index (χ4n) is 4.27. The van der Waals surface area contributed by atoms with E-state index in [-0.39, 0.29) is 23.5 Å². The summed E-state index contributed by atoms with van der Waals surface area (Å²) >= 11 is 0. The molecule has 0 aliphatic heterocycles. The van der Waals surface area contributed by atoms with Crippen molar-refractivity contribution >= 4 is 27.5 Å². The van der Waals surface area contributed by atoms with Gasteiger partial charge in [-0.25, -0.2) is 8.42 Å². The lowest BCUT2D eigenvalue weighted by molar-refractivity contribution is -0.139. The van der Waals surface area contributed by atoms with Crippen molar-refractivity contribution in [3.8, 4) is 0 Å². The second kappa shape index (κ2) is 13.5. The Morgan fingerprint density at radius 3 is 2.10 bits per heavy atom. The number of hydrogen-bond acceptors (Lipinski definition) is 4. The molecule has 0 heterocycles. The predicted octanol–water partition coefficient (Wildman–Crippen LogP) is 4.89. The van der Waals surface area contributed by atoms with Gasteiger partial charge < -0.3 is 10.2 Å². The summed E-state index contributed by atoms with van der Waals surface area (Å²) < 4.78 is 68.7. The van der Waals surface area contributed by atoms with Gasteiger partial charge in [0.1, 0.15) is 12.6 Å². The van der Waals surface area contributed by atoms with Gasteiger partial charge in [-0.2, -0.15) is 13.2 Å². The molecule has 3 aromatic rings. The molecule has 214 valence electrons. The van der Waals surface area contributed by atoms with Gasteiger partial charge in [0.25, 0.3) is 10.0 Å². The van der Waals surface area contributed by atoms with E-state index in [1.165, 1.54) is 35.2 Å². The standard InChI is InChI=1S/C29H32F3N3O4S/c1-3-26(28(37)33-4-2)34(19-18-22-12-7-5-8-13-22)27(36)21-35(40(38,39)25-16-9-6-10-17-25)24-15-11-14-23(20-24)29(30,31)32/h5-17,20,26H,3-4,18-19,21H2,1-2H3,(H,33,37). The minimum Gasteiger partial charge on any atom is -0.355 e. The molecule has 1 unspecified atom stereocenters. The molecule has 0 saturated heterocycles. The van der Waals surface area contributed by atoms with E-state index >= 15 is 0 Å². The number of amides is 2. The average molecular weight is 576 g/mol. The highest BCUT2D eigenvalue weighted by atomic mass is 32.2. The first-order valence-corrected chi connectivity index (χ1v) is 14.3. The molecule has 0 saturated carbocycles. The largest absolute Gasteiger partial charge is 0.416 e. The summed E-state index contributed by atoms with van der Waals surface area (Å²) in [5, 5.41) is 2.71. The molecule has 0 aromatic heterocycles. The predicted molar refractivity (Wildman–Crippen MR) is 147 cm³/mol. The Morgan fingerprint density at radius 1 is 0.900 bits per heavy atom. The van der Waals surface area contributed by atoms with Crippen molar-refractivity contribution in [1.82, 2.24) is 10.2 Å². The molecule has 0 spiro atoms. The highest BCUT2D eigenvalue weighted by molar-refractivity contribution is 7.92. The normalized spacial score (nSPS) is 12.4. The van der Waals surface area contributed by atoms with Crippen LogP contribution in [-0.4, -0.2) is 50.8 Å². The van der Waals surface area contributed by atoms with Gasteiger partial charge in [-0.15, -0.1) is 0 Å². The molecule has 0 aliphatic carbocycles. The van der Waals surface area contributed by atoms with Crippen LogP contribution in [0.2, 0.25) is 0 Å². The van der Waals surface area contributed by atoms with Crippen LogP contribution in [0.1, 0.15) is 31.4 Å². The fourth-order valence-corrected chi connectivity index (χ4v) is 5.70. The molecule has 40 heavy (non-hydrogen) atoms. The molecule has 0 bridgehead atoms. The van der Waals surface area contributed by atoms with Crippen molar-refractivity contribution in [1.29, 1.82) is 0 Å². The van der Waals surface area contributed by atoms with E-state index in [1.807, 2.05) is 30.3 Å². The van der Waals surface area contributed by atoms with Gasteiger partial charge in [-0.1, -0.05) is 61.5 Å². The first-order chi connectivity index (χ1) is 19.0. The van der Waals surface area contributed by atoms with Crippen LogP contribution in [0.4, 0.5) is 18.9 Å². The van der Waals surface area contributed by atoms with E-state index in [4.69, 9.17) is 0 Å². The van der Waals surface area contributed by atoms with Crippen LogP contribution in [0, 0.1) is 0 Å². The summed E-state index contributed by atoms with van der Waals surface area (Å²) in [6.07, 6.45) is -4.09. The molecule has 3 rings (SSSR count). The minimum atomic E-state index is -4.73. The van der Waals surface area contributed by atoms with E-state index in [1.54, 1.807) is 19.9 Å². The van der Waals surface area contributed by atoms with Crippen LogP contribution in [0.3, 0.4) is 0 Å². The zero-order valence-corrected chi connectivity index (χ0v) is 23.1. The summed E-state index contributed by atoms with van der Waals surface area (Å²) in [4.78, 5) is 27.9. The van der Waals surface area contributed by atoms with E-state index in [9.17, 15) is 31.2 Å². The number of alkyl halides is 3. The summed E-state index contributed by atoms with van der Waals surface area (Å²) in [7, 11) is -4.46. The second-order valence-electron chi connectivity index (χ2n) is 9.01.